The fourth-order valence-electron chi connectivity index (χ4n) is 5.50. The van der Waals surface area contributed by atoms with E-state index >= 15 is 0 Å². The molecule has 0 saturated heterocycles. The van der Waals surface area contributed by atoms with Gasteiger partial charge in [-0.3, -0.25) is 24.2 Å². The zero-order valence-electron chi connectivity index (χ0n) is 25.3. The Hall–Kier alpha value is -5.55. The summed E-state index contributed by atoms with van der Waals surface area (Å²) >= 11 is 0. The highest BCUT2D eigenvalue weighted by molar-refractivity contribution is 6.20. The Balaban J connectivity index is 1.32. The maximum absolute atomic E-state index is 14.1. The summed E-state index contributed by atoms with van der Waals surface area (Å²) in [6, 6.07) is 22.6. The minimum Gasteiger partial charge on any atom is -0.455 e. The number of para-hydroxylation sites is 1. The van der Waals surface area contributed by atoms with Crippen LogP contribution in [-0.2, 0) is 17.4 Å². The second-order valence-corrected chi connectivity index (χ2v) is 11.2. The summed E-state index contributed by atoms with van der Waals surface area (Å²) in [4.78, 5) is 50.2. The highest BCUT2D eigenvalue weighted by Crippen LogP contribution is 2.35. The molecule has 1 aliphatic rings. The van der Waals surface area contributed by atoms with Crippen LogP contribution in [0, 0.1) is 13.8 Å². The number of hydrogen-bond acceptors (Lipinski definition) is 6. The molecule has 0 bridgehead atoms. The maximum atomic E-state index is 14.1. The van der Waals surface area contributed by atoms with E-state index < -0.39 is 35.5 Å². The van der Waals surface area contributed by atoms with Gasteiger partial charge in [0.2, 0.25) is 0 Å². The number of halogens is 3. The molecular formula is C36H28F3N3O5. The lowest BCUT2D eigenvalue weighted by Gasteiger charge is -2.23. The SMILES string of the molecule is Cc1ccc(C[C@H](CON2C(=O)c3ccccc3C2=O)NC(=O)c2c(Oc3cccc(C(F)(F)F)c3)cnc3ccccc23)c(C)c1. The zero-order chi connectivity index (χ0) is 33.3. The lowest BCUT2D eigenvalue weighted by molar-refractivity contribution is -0.137. The summed E-state index contributed by atoms with van der Waals surface area (Å²) < 4.78 is 46.1. The van der Waals surface area contributed by atoms with Crippen LogP contribution in [0.3, 0.4) is 0 Å². The van der Waals surface area contributed by atoms with E-state index in [2.05, 4.69) is 10.3 Å². The summed E-state index contributed by atoms with van der Waals surface area (Å²) in [5, 5.41) is 4.05. The number of aromatic nitrogens is 1. The summed E-state index contributed by atoms with van der Waals surface area (Å²) in [5.74, 6) is -2.04. The summed E-state index contributed by atoms with van der Waals surface area (Å²) in [5.41, 5.74) is 2.93. The summed E-state index contributed by atoms with van der Waals surface area (Å²) in [6.45, 7) is 3.64. The monoisotopic (exact) mass is 639 g/mol. The number of ether oxygens (including phenoxy) is 1. The Bertz CT molecular complexity index is 1990. The van der Waals surface area contributed by atoms with Crippen molar-refractivity contribution in [3.05, 3.63) is 136 Å². The van der Waals surface area contributed by atoms with Gasteiger partial charge in [0.1, 0.15) is 5.75 Å². The third kappa shape index (κ3) is 6.56. The van der Waals surface area contributed by atoms with Crippen LogP contribution in [0.4, 0.5) is 13.2 Å². The van der Waals surface area contributed by atoms with Gasteiger partial charge in [-0.05, 0) is 67.8 Å². The van der Waals surface area contributed by atoms with Gasteiger partial charge in [0.25, 0.3) is 17.7 Å². The molecule has 1 aliphatic heterocycles. The number of nitrogens with one attached hydrogen (secondary N) is 1. The first-order valence-electron chi connectivity index (χ1n) is 14.7. The number of hydrogen-bond donors (Lipinski definition) is 1. The molecule has 8 nitrogen and oxygen atoms in total. The van der Waals surface area contributed by atoms with Crippen molar-refractivity contribution in [2.45, 2.75) is 32.5 Å². The molecular weight excluding hydrogens is 611 g/mol. The number of aryl methyl sites for hydroxylation is 2. The molecule has 0 unspecified atom stereocenters. The number of rotatable bonds is 9. The van der Waals surface area contributed by atoms with E-state index in [1.54, 1.807) is 36.4 Å². The van der Waals surface area contributed by atoms with Gasteiger partial charge in [-0.2, -0.15) is 13.2 Å². The number of benzene rings is 4. The van der Waals surface area contributed by atoms with Crippen molar-refractivity contribution in [3.63, 3.8) is 0 Å². The highest BCUT2D eigenvalue weighted by Gasteiger charge is 2.37. The second-order valence-electron chi connectivity index (χ2n) is 11.2. The number of imide groups is 1. The Morgan fingerprint density at radius 3 is 2.30 bits per heavy atom. The van der Waals surface area contributed by atoms with Gasteiger partial charge in [-0.25, -0.2) is 0 Å². The van der Waals surface area contributed by atoms with Crippen LogP contribution in [0.1, 0.15) is 53.3 Å². The van der Waals surface area contributed by atoms with Gasteiger partial charge in [0, 0.05) is 5.39 Å². The largest absolute Gasteiger partial charge is 0.455 e. The smallest absolute Gasteiger partial charge is 0.416 e. The van der Waals surface area contributed by atoms with E-state index in [4.69, 9.17) is 9.57 Å². The Morgan fingerprint density at radius 1 is 0.894 bits per heavy atom. The third-order valence-electron chi connectivity index (χ3n) is 7.82. The molecule has 11 heteroatoms. The molecule has 0 aliphatic carbocycles. The Labute approximate surface area is 267 Å². The number of amides is 3. The lowest BCUT2D eigenvalue weighted by Crippen LogP contribution is -2.43. The Morgan fingerprint density at radius 2 is 1.60 bits per heavy atom. The molecule has 47 heavy (non-hydrogen) atoms. The predicted octanol–water partition coefficient (Wildman–Crippen LogP) is 7.23. The number of hydroxylamine groups is 2. The van der Waals surface area contributed by atoms with Crippen molar-refractivity contribution in [1.29, 1.82) is 0 Å². The van der Waals surface area contributed by atoms with Crippen molar-refractivity contribution in [1.82, 2.24) is 15.4 Å². The van der Waals surface area contributed by atoms with Crippen LogP contribution in [0.15, 0.2) is 97.2 Å². The number of pyridine rings is 1. The molecule has 5 aromatic rings. The molecule has 1 aromatic heterocycles. The number of alkyl halides is 3. The van der Waals surface area contributed by atoms with Crippen molar-refractivity contribution in [2.75, 3.05) is 6.61 Å². The summed E-state index contributed by atoms with van der Waals surface area (Å²) in [7, 11) is 0. The molecule has 1 N–H and O–H groups in total. The molecule has 6 rings (SSSR count). The second kappa shape index (κ2) is 12.7. The van der Waals surface area contributed by atoms with Gasteiger partial charge < -0.3 is 10.1 Å². The lowest BCUT2D eigenvalue weighted by atomic mass is 9.99. The topological polar surface area (TPSA) is 97.8 Å². The van der Waals surface area contributed by atoms with Gasteiger partial charge in [0.15, 0.2) is 5.75 Å². The van der Waals surface area contributed by atoms with E-state index in [0.29, 0.717) is 16.0 Å². The van der Waals surface area contributed by atoms with Crippen molar-refractivity contribution >= 4 is 28.6 Å². The highest BCUT2D eigenvalue weighted by atomic mass is 19.4. The van der Waals surface area contributed by atoms with E-state index in [1.165, 1.54) is 30.5 Å². The van der Waals surface area contributed by atoms with Crippen LogP contribution in [0.5, 0.6) is 11.5 Å². The van der Waals surface area contributed by atoms with Crippen LogP contribution >= 0.6 is 0 Å². The standard InChI is InChI=1S/C36H28F3N3O5/c1-21-14-15-23(22(2)16-21)17-25(20-46-42-34(44)27-10-3-4-11-28(27)35(42)45)41-33(43)32-29-12-5-6-13-30(29)40-19-31(32)47-26-9-7-8-24(18-26)36(37,38)39/h3-16,18-19,25H,17,20H2,1-2H3,(H,41,43)/t25-/m1/s1. The molecule has 4 aromatic carbocycles. The van der Waals surface area contributed by atoms with E-state index in [1.807, 2.05) is 32.0 Å². The number of carbonyl (C=O) groups is 3. The molecule has 0 fully saturated rings. The number of nitrogens with zero attached hydrogens (tertiary/aromatic N) is 2. The molecule has 2 heterocycles. The molecule has 0 saturated carbocycles. The molecule has 0 radical (unpaired) electrons. The predicted molar refractivity (Wildman–Crippen MR) is 167 cm³/mol. The minimum absolute atomic E-state index is 0.0411. The number of fused-ring (bicyclic) bond motifs is 2. The van der Waals surface area contributed by atoms with Gasteiger partial charge in [-0.15, -0.1) is 5.06 Å². The van der Waals surface area contributed by atoms with Crippen molar-refractivity contribution in [2.24, 2.45) is 0 Å². The van der Waals surface area contributed by atoms with Crippen LogP contribution in [0.2, 0.25) is 0 Å². The fraction of sp³-hybridized carbons (Fsp3) is 0.167. The first kappa shape index (κ1) is 31.4. The van der Waals surface area contributed by atoms with Crippen LogP contribution < -0.4 is 10.1 Å². The average Bonchev–Trinajstić information content (AvgIpc) is 3.29. The normalized spacial score (nSPS) is 13.5. The first-order chi connectivity index (χ1) is 22.5. The van der Waals surface area contributed by atoms with Gasteiger partial charge in [0.05, 0.1) is 46.6 Å². The molecule has 1 atom stereocenters. The number of carbonyl (C=O) groups excluding carboxylic acids is 3. The zero-order valence-corrected chi connectivity index (χ0v) is 25.3. The third-order valence-corrected chi connectivity index (χ3v) is 7.82. The van der Waals surface area contributed by atoms with E-state index in [9.17, 15) is 27.6 Å². The minimum atomic E-state index is -4.60. The maximum Gasteiger partial charge on any atom is 0.416 e. The van der Waals surface area contributed by atoms with Gasteiger partial charge in [-0.1, -0.05) is 60.2 Å². The van der Waals surface area contributed by atoms with E-state index in [0.717, 1.165) is 28.8 Å². The molecule has 238 valence electrons. The quantitative estimate of drug-likeness (QED) is 0.171. The van der Waals surface area contributed by atoms with Crippen LogP contribution in [-0.4, -0.2) is 40.4 Å². The van der Waals surface area contributed by atoms with E-state index in [-0.39, 0.29) is 41.2 Å². The van der Waals surface area contributed by atoms with Crippen LogP contribution in [0.25, 0.3) is 10.9 Å². The first-order valence-corrected chi connectivity index (χ1v) is 14.7. The average molecular weight is 640 g/mol. The van der Waals surface area contributed by atoms with Crippen molar-refractivity contribution < 1.29 is 37.1 Å². The Kier molecular flexibility index (Phi) is 8.48. The molecule has 3 amide bonds. The van der Waals surface area contributed by atoms with Crippen molar-refractivity contribution in [3.8, 4) is 11.5 Å². The summed E-state index contributed by atoms with van der Waals surface area (Å²) in [6.07, 6.45) is -3.04. The molecule has 0 spiro atoms. The fourth-order valence-corrected chi connectivity index (χ4v) is 5.50. The van der Waals surface area contributed by atoms with Gasteiger partial charge >= 0.3 is 6.18 Å².